The van der Waals surface area contributed by atoms with Gasteiger partial charge in [0, 0.05) is 0 Å². The highest BCUT2D eigenvalue weighted by Gasteiger charge is 1.88. The maximum absolute atomic E-state index is 2.18. The van der Waals surface area contributed by atoms with Crippen molar-refractivity contribution in [3.05, 3.63) is 57.8 Å². The van der Waals surface area contributed by atoms with Gasteiger partial charge in [-0.3, -0.25) is 0 Å². The molecule has 0 N–H and O–H groups in total. The first-order valence-corrected chi connectivity index (χ1v) is 5.56. The molecule has 1 aromatic heterocycles. The molecule has 0 unspecified atom stereocenters. The van der Waals surface area contributed by atoms with Crippen molar-refractivity contribution >= 4 is 23.5 Å². The zero-order valence-corrected chi connectivity index (χ0v) is 8.92. The topological polar surface area (TPSA) is 0 Å². The molecule has 1 heterocycles. The van der Waals surface area contributed by atoms with Gasteiger partial charge < -0.3 is 0 Å². The molecule has 0 fully saturated rings. The van der Waals surface area contributed by atoms with Gasteiger partial charge in [-0.1, -0.05) is 42.0 Å². The molecule has 0 spiro atoms. The van der Waals surface area contributed by atoms with Crippen LogP contribution in [0.25, 0.3) is 12.2 Å². The predicted octanol–water partition coefficient (Wildman–Crippen LogP) is 4.23. The lowest BCUT2D eigenvalue weighted by Crippen LogP contribution is -1.73. The summed E-state index contributed by atoms with van der Waals surface area (Å²) in [5.74, 6) is 0. The van der Waals surface area contributed by atoms with Crippen LogP contribution in [-0.4, -0.2) is 0 Å². The molecule has 0 aliphatic rings. The van der Waals surface area contributed by atoms with Crippen molar-refractivity contribution in [3.8, 4) is 0 Å². The highest BCUT2D eigenvalue weighted by molar-refractivity contribution is 7.08. The van der Waals surface area contributed by atoms with Crippen molar-refractivity contribution in [2.45, 2.75) is 6.92 Å². The van der Waals surface area contributed by atoms with E-state index in [4.69, 9.17) is 0 Å². The van der Waals surface area contributed by atoms with Crippen molar-refractivity contribution in [2.75, 3.05) is 0 Å². The molecular weight excluding hydrogens is 188 g/mol. The molecule has 0 radical (unpaired) electrons. The summed E-state index contributed by atoms with van der Waals surface area (Å²) in [5.41, 5.74) is 3.84. The second-order valence-corrected chi connectivity index (χ2v) is 4.08. The highest BCUT2D eigenvalue weighted by Crippen LogP contribution is 2.12. The first-order chi connectivity index (χ1) is 6.84. The van der Waals surface area contributed by atoms with Gasteiger partial charge in [0.1, 0.15) is 0 Å². The molecule has 0 atom stereocenters. The maximum atomic E-state index is 2.18. The average molecular weight is 200 g/mol. The smallest absolute Gasteiger partial charge is 0.00208 e. The van der Waals surface area contributed by atoms with Gasteiger partial charge in [-0.05, 0) is 34.9 Å². The van der Waals surface area contributed by atoms with Gasteiger partial charge in [0.2, 0.25) is 0 Å². The van der Waals surface area contributed by atoms with Gasteiger partial charge in [0.15, 0.2) is 0 Å². The molecule has 1 aromatic carbocycles. The summed E-state index contributed by atoms with van der Waals surface area (Å²) in [7, 11) is 0. The summed E-state index contributed by atoms with van der Waals surface area (Å²) in [6, 6.07) is 10.6. The molecule has 0 bridgehead atoms. The number of aryl methyl sites for hydroxylation is 1. The van der Waals surface area contributed by atoms with Gasteiger partial charge in [0.05, 0.1) is 0 Å². The van der Waals surface area contributed by atoms with E-state index in [1.807, 2.05) is 0 Å². The summed E-state index contributed by atoms with van der Waals surface area (Å²) >= 11 is 1.73. The third kappa shape index (κ3) is 2.33. The van der Waals surface area contributed by atoms with Crippen LogP contribution in [0.5, 0.6) is 0 Å². The van der Waals surface area contributed by atoms with E-state index < -0.39 is 0 Å². The van der Waals surface area contributed by atoms with Crippen LogP contribution < -0.4 is 0 Å². The van der Waals surface area contributed by atoms with Gasteiger partial charge >= 0.3 is 0 Å². The first-order valence-electron chi connectivity index (χ1n) is 4.61. The largest absolute Gasteiger partial charge is 0.152 e. The zero-order valence-electron chi connectivity index (χ0n) is 8.10. The van der Waals surface area contributed by atoms with Gasteiger partial charge in [-0.15, -0.1) is 0 Å². The van der Waals surface area contributed by atoms with Gasteiger partial charge in [-0.2, -0.15) is 11.3 Å². The van der Waals surface area contributed by atoms with E-state index in [-0.39, 0.29) is 0 Å². The lowest BCUT2D eigenvalue weighted by atomic mass is 10.1. The number of rotatable bonds is 2. The lowest BCUT2D eigenvalue weighted by Gasteiger charge is -1.94. The molecule has 0 saturated heterocycles. The van der Waals surface area contributed by atoms with Crippen LogP contribution in [0.15, 0.2) is 41.1 Å². The zero-order chi connectivity index (χ0) is 9.80. The fourth-order valence-corrected chi connectivity index (χ4v) is 1.96. The molecule has 1 heteroatoms. The molecular formula is C13H12S. The minimum atomic E-state index is 1.26. The van der Waals surface area contributed by atoms with E-state index in [2.05, 4.69) is 60.2 Å². The Bertz CT molecular complexity index is 424. The lowest BCUT2D eigenvalue weighted by molar-refractivity contribution is 1.46. The third-order valence-corrected chi connectivity index (χ3v) is 2.76. The third-order valence-electron chi connectivity index (χ3n) is 2.05. The standard InChI is InChI=1S/C13H12S/c1-11-3-2-4-12(9-11)5-6-13-7-8-14-10-13/h2-10H,1H3/b6-5+. The van der Waals surface area contributed by atoms with Crippen molar-refractivity contribution < 1.29 is 0 Å². The van der Waals surface area contributed by atoms with E-state index in [9.17, 15) is 0 Å². The van der Waals surface area contributed by atoms with Crippen LogP contribution >= 0.6 is 11.3 Å². The van der Waals surface area contributed by atoms with E-state index in [0.717, 1.165) is 0 Å². The van der Waals surface area contributed by atoms with E-state index in [0.29, 0.717) is 0 Å². The van der Waals surface area contributed by atoms with E-state index in [1.165, 1.54) is 16.7 Å². The Kier molecular flexibility index (Phi) is 2.80. The number of thiophene rings is 1. The van der Waals surface area contributed by atoms with Crippen LogP contribution in [0.2, 0.25) is 0 Å². The van der Waals surface area contributed by atoms with Gasteiger partial charge in [0.25, 0.3) is 0 Å². The average Bonchev–Trinajstić information content (AvgIpc) is 2.67. The van der Waals surface area contributed by atoms with Crippen molar-refractivity contribution in [1.29, 1.82) is 0 Å². The molecule has 0 aliphatic carbocycles. The first kappa shape index (κ1) is 9.22. The predicted molar refractivity (Wildman–Crippen MR) is 64.4 cm³/mol. The summed E-state index contributed by atoms with van der Waals surface area (Å²) in [6.45, 7) is 2.11. The SMILES string of the molecule is Cc1cccc(/C=C/c2ccsc2)c1. The number of hydrogen-bond donors (Lipinski definition) is 0. The Morgan fingerprint density at radius 3 is 2.64 bits per heavy atom. The Labute approximate surface area is 88.5 Å². The normalized spacial score (nSPS) is 10.9. The summed E-state index contributed by atoms with van der Waals surface area (Å²) in [4.78, 5) is 0. The molecule has 0 aliphatic heterocycles. The number of hydrogen-bond acceptors (Lipinski definition) is 1. The second-order valence-electron chi connectivity index (χ2n) is 3.30. The van der Waals surface area contributed by atoms with E-state index >= 15 is 0 Å². The fraction of sp³-hybridized carbons (Fsp3) is 0.0769. The van der Waals surface area contributed by atoms with Crippen molar-refractivity contribution in [1.82, 2.24) is 0 Å². The molecule has 70 valence electrons. The summed E-state index contributed by atoms with van der Waals surface area (Å²) < 4.78 is 0. The number of benzene rings is 1. The van der Waals surface area contributed by atoms with Crippen LogP contribution in [0, 0.1) is 6.92 Å². The quantitative estimate of drug-likeness (QED) is 0.680. The summed E-state index contributed by atoms with van der Waals surface area (Å²) in [6.07, 6.45) is 4.29. The highest BCUT2D eigenvalue weighted by atomic mass is 32.1. The Morgan fingerprint density at radius 2 is 1.93 bits per heavy atom. The molecule has 2 rings (SSSR count). The van der Waals surface area contributed by atoms with Crippen LogP contribution in [0.1, 0.15) is 16.7 Å². The van der Waals surface area contributed by atoms with Gasteiger partial charge in [-0.25, -0.2) is 0 Å². The molecule has 2 aromatic rings. The monoisotopic (exact) mass is 200 g/mol. The van der Waals surface area contributed by atoms with Crippen LogP contribution in [0.4, 0.5) is 0 Å². The maximum Gasteiger partial charge on any atom is -0.00208 e. The Hall–Kier alpha value is -1.34. The summed E-state index contributed by atoms with van der Waals surface area (Å²) in [5, 5.41) is 4.24. The molecule has 0 nitrogen and oxygen atoms in total. The van der Waals surface area contributed by atoms with E-state index in [1.54, 1.807) is 11.3 Å². The van der Waals surface area contributed by atoms with Crippen molar-refractivity contribution in [2.24, 2.45) is 0 Å². The van der Waals surface area contributed by atoms with Crippen molar-refractivity contribution in [3.63, 3.8) is 0 Å². The minimum absolute atomic E-state index is 1.26. The second kappa shape index (κ2) is 4.25. The van der Waals surface area contributed by atoms with Crippen LogP contribution in [0.3, 0.4) is 0 Å². The molecule has 0 amide bonds. The van der Waals surface area contributed by atoms with Crippen LogP contribution in [-0.2, 0) is 0 Å². The minimum Gasteiger partial charge on any atom is -0.152 e. The molecule has 14 heavy (non-hydrogen) atoms. The molecule has 0 saturated carbocycles. The Morgan fingerprint density at radius 1 is 1.07 bits per heavy atom. The fourth-order valence-electron chi connectivity index (χ4n) is 1.34. The Balaban J connectivity index is 2.18.